The SMILES string of the molecule is Cc1ccc(N(c2ccccc2)c2ccc3c(c2)C(C)(C)c2cc(-n4c5ccc(C)cc5c5cc(C)ccc54)c4ccccc4c2-3)cc1. The van der Waals surface area contributed by atoms with Gasteiger partial charge in [-0.3, -0.25) is 0 Å². The lowest BCUT2D eigenvalue weighted by Crippen LogP contribution is -2.17. The van der Waals surface area contributed by atoms with Crippen molar-refractivity contribution in [2.24, 2.45) is 0 Å². The average Bonchev–Trinajstić information content (AvgIpc) is 3.53. The molecule has 1 aliphatic rings. The van der Waals surface area contributed by atoms with Crippen LogP contribution in [0.25, 0.3) is 49.4 Å². The van der Waals surface area contributed by atoms with Crippen molar-refractivity contribution in [1.82, 2.24) is 4.57 Å². The molecule has 1 aromatic heterocycles. The molecule has 0 saturated carbocycles. The van der Waals surface area contributed by atoms with E-state index in [1.54, 1.807) is 0 Å². The van der Waals surface area contributed by atoms with Gasteiger partial charge >= 0.3 is 0 Å². The Morgan fingerprint density at radius 1 is 0.458 bits per heavy atom. The second-order valence-electron chi connectivity index (χ2n) is 14.1. The minimum atomic E-state index is -0.207. The molecule has 9 rings (SSSR count). The van der Waals surface area contributed by atoms with Crippen LogP contribution in [0.5, 0.6) is 0 Å². The van der Waals surface area contributed by atoms with Gasteiger partial charge in [0.25, 0.3) is 0 Å². The molecule has 2 heteroatoms. The summed E-state index contributed by atoms with van der Waals surface area (Å²) in [4.78, 5) is 2.38. The molecule has 2 nitrogen and oxygen atoms in total. The molecule has 0 spiro atoms. The highest BCUT2D eigenvalue weighted by molar-refractivity contribution is 6.13. The fraction of sp³-hybridized carbons (Fsp3) is 0.130. The maximum absolute atomic E-state index is 2.51. The van der Waals surface area contributed by atoms with Crippen molar-refractivity contribution in [2.45, 2.75) is 40.0 Å². The lowest BCUT2D eigenvalue weighted by molar-refractivity contribution is 0.660. The molecular weight excluding hydrogens is 581 g/mol. The van der Waals surface area contributed by atoms with Crippen molar-refractivity contribution < 1.29 is 0 Å². The Balaban J connectivity index is 1.29. The number of aromatic nitrogens is 1. The van der Waals surface area contributed by atoms with Gasteiger partial charge in [-0.05, 0) is 115 Å². The van der Waals surface area contributed by atoms with Gasteiger partial charge in [-0.1, -0.05) is 103 Å². The first-order valence-electron chi connectivity index (χ1n) is 16.9. The first kappa shape index (κ1) is 28.6. The molecule has 0 amide bonds. The summed E-state index contributed by atoms with van der Waals surface area (Å²) in [6.45, 7) is 11.3. The van der Waals surface area contributed by atoms with Crippen molar-refractivity contribution in [1.29, 1.82) is 0 Å². The van der Waals surface area contributed by atoms with Gasteiger partial charge in [-0.15, -0.1) is 0 Å². The Kier molecular flexibility index (Phi) is 6.23. The van der Waals surface area contributed by atoms with Gasteiger partial charge in [-0.2, -0.15) is 0 Å². The van der Waals surface area contributed by atoms with E-state index < -0.39 is 0 Å². The fourth-order valence-electron chi connectivity index (χ4n) is 8.10. The highest BCUT2D eigenvalue weighted by Crippen LogP contribution is 2.54. The van der Waals surface area contributed by atoms with Crippen LogP contribution in [0, 0.1) is 20.8 Å². The summed E-state index contributed by atoms with van der Waals surface area (Å²) < 4.78 is 2.51. The van der Waals surface area contributed by atoms with Gasteiger partial charge in [0.1, 0.15) is 0 Å². The average molecular weight is 619 g/mol. The Morgan fingerprint density at radius 3 is 1.69 bits per heavy atom. The molecule has 0 atom stereocenters. The largest absolute Gasteiger partial charge is 0.310 e. The molecule has 0 aliphatic heterocycles. The minimum absolute atomic E-state index is 0.207. The number of nitrogens with zero attached hydrogens (tertiary/aromatic N) is 2. The molecular formula is C46H38N2. The summed E-state index contributed by atoms with van der Waals surface area (Å²) in [6, 6.07) is 51.9. The van der Waals surface area contributed by atoms with Crippen molar-refractivity contribution in [2.75, 3.05) is 4.90 Å². The number of hydrogen-bond donors (Lipinski definition) is 0. The van der Waals surface area contributed by atoms with Crippen LogP contribution in [-0.2, 0) is 5.41 Å². The standard InChI is InChI=1S/C46H38N2/c1-29-15-19-33(20-16-29)47(32-11-7-6-8-12-32)34-21-22-37-40(27-34)46(4,5)41-28-44(35-13-9-10-14-36(35)45(37)41)48-42-23-17-30(2)25-38(42)39-26-31(3)18-24-43(39)48/h6-28H,1-5H3. The summed E-state index contributed by atoms with van der Waals surface area (Å²) in [6.07, 6.45) is 0. The predicted molar refractivity (Wildman–Crippen MR) is 205 cm³/mol. The Bertz CT molecular complexity index is 2490. The van der Waals surface area contributed by atoms with E-state index in [0.717, 1.165) is 11.4 Å². The minimum Gasteiger partial charge on any atom is -0.310 e. The molecule has 0 radical (unpaired) electrons. The number of rotatable bonds is 4. The van der Waals surface area contributed by atoms with E-state index in [4.69, 9.17) is 0 Å². The molecule has 7 aromatic carbocycles. The van der Waals surface area contributed by atoms with Gasteiger partial charge in [-0.25, -0.2) is 0 Å². The van der Waals surface area contributed by atoms with Gasteiger partial charge in [0.15, 0.2) is 0 Å². The van der Waals surface area contributed by atoms with Crippen LogP contribution in [0.2, 0.25) is 0 Å². The summed E-state index contributed by atoms with van der Waals surface area (Å²) in [7, 11) is 0. The van der Waals surface area contributed by atoms with Crippen molar-refractivity contribution in [3.63, 3.8) is 0 Å². The summed E-state index contributed by atoms with van der Waals surface area (Å²) in [5.74, 6) is 0. The molecule has 0 unspecified atom stereocenters. The first-order chi connectivity index (χ1) is 23.3. The normalized spacial score (nSPS) is 13.3. The van der Waals surface area contributed by atoms with Gasteiger partial charge in [0.2, 0.25) is 0 Å². The molecule has 48 heavy (non-hydrogen) atoms. The number of benzene rings is 7. The molecule has 1 heterocycles. The zero-order chi connectivity index (χ0) is 32.7. The molecule has 0 saturated heterocycles. The van der Waals surface area contributed by atoms with Crippen LogP contribution in [-0.4, -0.2) is 4.57 Å². The third kappa shape index (κ3) is 4.19. The lowest BCUT2D eigenvalue weighted by atomic mass is 9.81. The topological polar surface area (TPSA) is 8.17 Å². The highest BCUT2D eigenvalue weighted by atomic mass is 15.1. The van der Waals surface area contributed by atoms with Gasteiger partial charge in [0.05, 0.1) is 16.7 Å². The van der Waals surface area contributed by atoms with Gasteiger partial charge < -0.3 is 9.47 Å². The highest BCUT2D eigenvalue weighted by Gasteiger charge is 2.38. The molecule has 1 aliphatic carbocycles. The summed E-state index contributed by atoms with van der Waals surface area (Å²) in [5, 5.41) is 5.19. The second-order valence-corrected chi connectivity index (χ2v) is 14.1. The third-order valence-electron chi connectivity index (χ3n) is 10.5. The predicted octanol–water partition coefficient (Wildman–Crippen LogP) is 12.6. The number of fused-ring (bicyclic) bond motifs is 8. The fourth-order valence-corrected chi connectivity index (χ4v) is 8.10. The third-order valence-corrected chi connectivity index (χ3v) is 10.5. The van der Waals surface area contributed by atoms with Crippen LogP contribution in [0.15, 0.2) is 140 Å². The van der Waals surface area contributed by atoms with Crippen LogP contribution < -0.4 is 4.90 Å². The van der Waals surface area contributed by atoms with E-state index >= 15 is 0 Å². The Hall–Kier alpha value is -5.60. The lowest BCUT2D eigenvalue weighted by Gasteiger charge is -2.28. The maximum atomic E-state index is 2.51. The van der Waals surface area contributed by atoms with Crippen molar-refractivity contribution in [3.05, 3.63) is 167 Å². The van der Waals surface area contributed by atoms with Crippen LogP contribution >= 0.6 is 0 Å². The summed E-state index contributed by atoms with van der Waals surface area (Å²) in [5.41, 5.74) is 16.2. The van der Waals surface area contributed by atoms with E-state index in [9.17, 15) is 0 Å². The van der Waals surface area contributed by atoms with Crippen molar-refractivity contribution in [3.8, 4) is 16.8 Å². The smallest absolute Gasteiger partial charge is 0.0544 e. The van der Waals surface area contributed by atoms with E-state index in [1.807, 2.05) is 0 Å². The van der Waals surface area contributed by atoms with E-state index in [0.29, 0.717) is 0 Å². The number of para-hydroxylation sites is 1. The molecule has 0 bridgehead atoms. The van der Waals surface area contributed by atoms with Crippen LogP contribution in [0.1, 0.15) is 41.7 Å². The monoisotopic (exact) mass is 618 g/mol. The molecule has 8 aromatic rings. The second kappa shape index (κ2) is 10.5. The molecule has 0 N–H and O–H groups in total. The summed E-state index contributed by atoms with van der Waals surface area (Å²) >= 11 is 0. The maximum Gasteiger partial charge on any atom is 0.0544 e. The number of aryl methyl sites for hydroxylation is 3. The first-order valence-corrected chi connectivity index (χ1v) is 16.9. The van der Waals surface area contributed by atoms with E-state index in [1.165, 1.54) is 82.9 Å². The molecule has 0 fully saturated rings. The number of hydrogen-bond acceptors (Lipinski definition) is 1. The van der Waals surface area contributed by atoms with E-state index in [-0.39, 0.29) is 5.41 Å². The van der Waals surface area contributed by atoms with Crippen LogP contribution in [0.4, 0.5) is 17.1 Å². The zero-order valence-corrected chi connectivity index (χ0v) is 28.2. The van der Waals surface area contributed by atoms with Gasteiger partial charge in [0, 0.05) is 38.6 Å². The molecule has 232 valence electrons. The van der Waals surface area contributed by atoms with Crippen LogP contribution in [0.3, 0.4) is 0 Å². The number of anilines is 3. The van der Waals surface area contributed by atoms with E-state index in [2.05, 4.69) is 184 Å². The quantitative estimate of drug-likeness (QED) is 0.190. The Labute approximate surface area is 282 Å². The zero-order valence-electron chi connectivity index (χ0n) is 28.2. The van der Waals surface area contributed by atoms with Crippen molar-refractivity contribution >= 4 is 49.6 Å². The Morgan fingerprint density at radius 2 is 1.02 bits per heavy atom.